The number of rotatable bonds is 4. The van der Waals surface area contributed by atoms with Crippen LogP contribution in [0.2, 0.25) is 0 Å². The molecule has 116 valence electrons. The Balaban J connectivity index is 2.34. The molecule has 0 bridgehead atoms. The van der Waals surface area contributed by atoms with Gasteiger partial charge in [0.15, 0.2) is 0 Å². The van der Waals surface area contributed by atoms with E-state index in [9.17, 15) is 9.59 Å². The zero-order valence-electron chi connectivity index (χ0n) is 12.8. The molecule has 21 heavy (non-hydrogen) atoms. The number of thiophene rings is 1. The number of carbonyl (C=O) groups is 2. The van der Waals surface area contributed by atoms with Crippen molar-refractivity contribution in [3.8, 4) is 0 Å². The molecular formula is C15H21BrN2O2S. The number of nitrogens with zero attached hydrogens (tertiary/aromatic N) is 1. The van der Waals surface area contributed by atoms with Gasteiger partial charge in [-0.3, -0.25) is 9.59 Å². The molecule has 6 heteroatoms. The molecule has 1 aliphatic heterocycles. The number of carbonyl (C=O) groups excluding carboxylic acids is 2. The molecular weight excluding hydrogens is 352 g/mol. The van der Waals surface area contributed by atoms with Crippen molar-refractivity contribution in [3.05, 3.63) is 20.8 Å². The van der Waals surface area contributed by atoms with Crippen LogP contribution in [-0.4, -0.2) is 28.3 Å². The summed E-state index contributed by atoms with van der Waals surface area (Å²) >= 11 is 5.03. The summed E-state index contributed by atoms with van der Waals surface area (Å²) < 4.78 is 1.01. The summed E-state index contributed by atoms with van der Waals surface area (Å²) in [5.74, 6) is 0.0381. The largest absolute Gasteiger partial charge is 0.340 e. The molecule has 0 saturated carbocycles. The summed E-state index contributed by atoms with van der Waals surface area (Å²) in [6.07, 6.45) is 0.590. The van der Waals surface area contributed by atoms with Crippen LogP contribution < -0.4 is 5.32 Å². The Bertz CT molecular complexity index is 558. The first-order valence-corrected chi connectivity index (χ1v) is 8.81. The van der Waals surface area contributed by atoms with Crippen LogP contribution in [0.1, 0.15) is 39.0 Å². The zero-order chi connectivity index (χ0) is 15.8. The van der Waals surface area contributed by atoms with Gasteiger partial charge in [-0.25, -0.2) is 0 Å². The van der Waals surface area contributed by atoms with Gasteiger partial charge in [0, 0.05) is 14.7 Å². The number of amides is 2. The van der Waals surface area contributed by atoms with Crippen LogP contribution in [0.5, 0.6) is 0 Å². The van der Waals surface area contributed by atoms with Gasteiger partial charge in [-0.1, -0.05) is 20.8 Å². The Morgan fingerprint density at radius 2 is 2.14 bits per heavy atom. The fourth-order valence-corrected chi connectivity index (χ4v) is 4.11. The van der Waals surface area contributed by atoms with E-state index in [1.54, 1.807) is 23.2 Å². The van der Waals surface area contributed by atoms with Gasteiger partial charge in [0.05, 0.1) is 6.54 Å². The summed E-state index contributed by atoms with van der Waals surface area (Å²) in [4.78, 5) is 28.1. The predicted octanol–water partition coefficient (Wildman–Crippen LogP) is 3.16. The molecule has 1 N–H and O–H groups in total. The van der Waals surface area contributed by atoms with E-state index in [1.807, 2.05) is 32.2 Å². The second-order valence-electron chi connectivity index (χ2n) is 6.03. The lowest BCUT2D eigenvalue weighted by molar-refractivity contribution is -0.157. The third kappa shape index (κ3) is 3.16. The lowest BCUT2D eigenvalue weighted by Gasteiger charge is -2.45. The first-order valence-electron chi connectivity index (χ1n) is 7.14. The van der Waals surface area contributed by atoms with Crippen molar-refractivity contribution in [3.63, 3.8) is 0 Å². The summed E-state index contributed by atoms with van der Waals surface area (Å²) in [5.41, 5.74) is -0.795. The molecule has 0 aromatic carbocycles. The maximum Gasteiger partial charge on any atom is 0.249 e. The maximum atomic E-state index is 12.9. The summed E-state index contributed by atoms with van der Waals surface area (Å²) in [5, 5.41) is 4.90. The molecule has 0 aliphatic carbocycles. The van der Waals surface area contributed by atoms with E-state index >= 15 is 0 Å². The number of halogens is 1. The Hall–Kier alpha value is -0.880. The summed E-state index contributed by atoms with van der Waals surface area (Å²) in [6, 6.07) is 1.60. The second-order valence-corrected chi connectivity index (χ2v) is 7.94. The normalized spacial score (nSPS) is 26.4. The molecule has 1 aromatic rings. The molecule has 1 fully saturated rings. The highest BCUT2D eigenvalue weighted by Crippen LogP contribution is 2.29. The molecule has 2 unspecified atom stereocenters. The highest BCUT2D eigenvalue weighted by atomic mass is 79.9. The minimum Gasteiger partial charge on any atom is -0.340 e. The van der Waals surface area contributed by atoms with Crippen LogP contribution in [0, 0.1) is 5.92 Å². The van der Waals surface area contributed by atoms with E-state index in [4.69, 9.17) is 0 Å². The van der Waals surface area contributed by atoms with Gasteiger partial charge in [-0.05, 0) is 41.3 Å². The minimum absolute atomic E-state index is 0.00724. The standard InChI is InChI=1S/C15H21BrN2O2S/c1-5-15(4)14(20)18(7-11-6-10(16)8-21-11)12(9(2)3)13(19)17-15/h6,8-9,12H,5,7H2,1-4H3,(H,17,19). The van der Waals surface area contributed by atoms with Crippen molar-refractivity contribution in [1.82, 2.24) is 10.2 Å². The van der Waals surface area contributed by atoms with Gasteiger partial charge in [-0.2, -0.15) is 0 Å². The smallest absolute Gasteiger partial charge is 0.249 e. The lowest BCUT2D eigenvalue weighted by Crippen LogP contribution is -2.69. The third-order valence-electron chi connectivity index (χ3n) is 4.02. The quantitative estimate of drug-likeness (QED) is 0.882. The lowest BCUT2D eigenvalue weighted by atomic mass is 9.88. The van der Waals surface area contributed by atoms with Crippen molar-refractivity contribution in [2.45, 2.75) is 52.2 Å². The van der Waals surface area contributed by atoms with E-state index in [-0.39, 0.29) is 17.7 Å². The van der Waals surface area contributed by atoms with Crippen LogP contribution in [0.15, 0.2) is 15.9 Å². The fraction of sp³-hybridized carbons (Fsp3) is 0.600. The van der Waals surface area contributed by atoms with E-state index in [0.29, 0.717) is 13.0 Å². The van der Waals surface area contributed by atoms with E-state index in [2.05, 4.69) is 21.2 Å². The topological polar surface area (TPSA) is 49.4 Å². The molecule has 2 rings (SSSR count). The summed E-state index contributed by atoms with van der Waals surface area (Å²) in [7, 11) is 0. The number of nitrogens with one attached hydrogen (secondary N) is 1. The van der Waals surface area contributed by atoms with Crippen molar-refractivity contribution < 1.29 is 9.59 Å². The fourth-order valence-electron chi connectivity index (χ4n) is 2.66. The Labute approximate surface area is 138 Å². The van der Waals surface area contributed by atoms with Gasteiger partial charge in [0.1, 0.15) is 11.6 Å². The molecule has 4 nitrogen and oxygen atoms in total. The van der Waals surface area contributed by atoms with Gasteiger partial charge in [0.2, 0.25) is 11.8 Å². The van der Waals surface area contributed by atoms with E-state index in [0.717, 1.165) is 9.35 Å². The van der Waals surface area contributed by atoms with Crippen LogP contribution in [-0.2, 0) is 16.1 Å². The Kier molecular flexibility index (Phi) is 4.78. The first kappa shape index (κ1) is 16.5. The SMILES string of the molecule is CCC1(C)NC(=O)C(C(C)C)N(Cc2cc(Br)cs2)C1=O. The van der Waals surface area contributed by atoms with Crippen LogP contribution in [0.25, 0.3) is 0 Å². The van der Waals surface area contributed by atoms with Crippen LogP contribution in [0.4, 0.5) is 0 Å². The first-order chi connectivity index (χ1) is 9.78. The third-order valence-corrected chi connectivity index (χ3v) is 5.71. The average molecular weight is 373 g/mol. The van der Waals surface area contributed by atoms with Crippen LogP contribution >= 0.6 is 27.3 Å². The van der Waals surface area contributed by atoms with Crippen LogP contribution in [0.3, 0.4) is 0 Å². The molecule has 1 aliphatic rings. The van der Waals surface area contributed by atoms with Crippen molar-refractivity contribution in [2.75, 3.05) is 0 Å². The van der Waals surface area contributed by atoms with Gasteiger partial charge in [0.25, 0.3) is 0 Å². The molecule has 2 atom stereocenters. The number of hydrogen-bond acceptors (Lipinski definition) is 3. The van der Waals surface area contributed by atoms with Gasteiger partial charge in [-0.15, -0.1) is 11.3 Å². The highest BCUT2D eigenvalue weighted by Gasteiger charge is 2.47. The molecule has 1 saturated heterocycles. The number of piperazine rings is 1. The van der Waals surface area contributed by atoms with Crippen molar-refractivity contribution in [1.29, 1.82) is 0 Å². The van der Waals surface area contributed by atoms with Crippen molar-refractivity contribution in [2.24, 2.45) is 5.92 Å². The highest BCUT2D eigenvalue weighted by molar-refractivity contribution is 9.10. The predicted molar refractivity (Wildman–Crippen MR) is 88.0 cm³/mol. The molecule has 1 aromatic heterocycles. The Morgan fingerprint density at radius 3 is 2.62 bits per heavy atom. The van der Waals surface area contributed by atoms with Crippen molar-refractivity contribution >= 4 is 39.1 Å². The molecule has 2 amide bonds. The molecule has 0 spiro atoms. The van der Waals surface area contributed by atoms with E-state index < -0.39 is 11.6 Å². The average Bonchev–Trinajstić information content (AvgIpc) is 2.80. The van der Waals surface area contributed by atoms with Gasteiger partial charge >= 0.3 is 0 Å². The zero-order valence-corrected chi connectivity index (χ0v) is 15.2. The maximum absolute atomic E-state index is 12.9. The Morgan fingerprint density at radius 1 is 1.48 bits per heavy atom. The summed E-state index contributed by atoms with van der Waals surface area (Å²) in [6.45, 7) is 8.17. The monoisotopic (exact) mass is 372 g/mol. The van der Waals surface area contributed by atoms with E-state index in [1.165, 1.54) is 0 Å². The number of hydrogen-bond donors (Lipinski definition) is 1. The molecule has 0 radical (unpaired) electrons. The van der Waals surface area contributed by atoms with Gasteiger partial charge < -0.3 is 10.2 Å². The second kappa shape index (κ2) is 6.08. The molecule has 2 heterocycles. The minimum atomic E-state index is -0.795.